The van der Waals surface area contributed by atoms with Crippen molar-refractivity contribution >= 4 is 33.2 Å². The summed E-state index contributed by atoms with van der Waals surface area (Å²) in [5.41, 5.74) is -0.00753. The minimum absolute atomic E-state index is 0.00419. The molecule has 0 heterocycles. The third-order valence-electron chi connectivity index (χ3n) is 2.51. The zero-order chi connectivity index (χ0) is 15.6. The number of hydrogen-bond acceptors (Lipinski definition) is 3. The van der Waals surface area contributed by atoms with Gasteiger partial charge in [0.25, 0.3) is 0 Å². The van der Waals surface area contributed by atoms with Crippen molar-refractivity contribution in [2.45, 2.75) is 5.88 Å². The minimum Gasteiger partial charge on any atom is -0.450 e. The standard InChI is InChI=1S/C13H7BrClF2NO3/c14-10-4-12(18(19)20)13(5-11(10)17)21-9-2-7(6-15)1-8(16)3-9/h1-5H,6H2. The van der Waals surface area contributed by atoms with Gasteiger partial charge in [0.05, 0.1) is 9.40 Å². The molecule has 0 radical (unpaired) electrons. The lowest BCUT2D eigenvalue weighted by atomic mass is 10.2. The molecule has 0 saturated carbocycles. The molecule has 0 aliphatic heterocycles. The SMILES string of the molecule is O=[N+]([O-])c1cc(Br)c(F)cc1Oc1cc(F)cc(CCl)c1. The number of nitrogens with zero attached hydrogens (tertiary/aromatic N) is 1. The molecule has 0 atom stereocenters. The fraction of sp³-hybridized carbons (Fsp3) is 0.0769. The predicted molar refractivity (Wildman–Crippen MR) is 76.8 cm³/mol. The van der Waals surface area contributed by atoms with Crippen LogP contribution in [-0.4, -0.2) is 4.92 Å². The second kappa shape index (κ2) is 6.36. The highest BCUT2D eigenvalue weighted by Crippen LogP contribution is 2.36. The molecule has 2 rings (SSSR count). The quantitative estimate of drug-likeness (QED) is 0.419. The first-order valence-electron chi connectivity index (χ1n) is 5.57. The molecule has 0 aromatic heterocycles. The van der Waals surface area contributed by atoms with Crippen LogP contribution in [0.25, 0.3) is 0 Å². The summed E-state index contributed by atoms with van der Waals surface area (Å²) in [7, 11) is 0. The van der Waals surface area contributed by atoms with Crippen LogP contribution in [0.15, 0.2) is 34.8 Å². The molecule has 2 aromatic rings. The summed E-state index contributed by atoms with van der Waals surface area (Å²) < 4.78 is 32.0. The summed E-state index contributed by atoms with van der Waals surface area (Å²) >= 11 is 8.46. The molecule has 8 heteroatoms. The van der Waals surface area contributed by atoms with Crippen LogP contribution in [-0.2, 0) is 5.88 Å². The van der Waals surface area contributed by atoms with E-state index in [1.165, 1.54) is 12.1 Å². The van der Waals surface area contributed by atoms with Gasteiger partial charge in [-0.25, -0.2) is 8.78 Å². The molecule has 0 bridgehead atoms. The summed E-state index contributed by atoms with van der Waals surface area (Å²) in [6.45, 7) is 0. The van der Waals surface area contributed by atoms with E-state index < -0.39 is 22.2 Å². The predicted octanol–water partition coefficient (Wildman–Crippen LogP) is 5.17. The second-order valence-corrected chi connectivity index (χ2v) is 5.14. The molecule has 0 fully saturated rings. The van der Waals surface area contributed by atoms with Crippen LogP contribution in [0.2, 0.25) is 0 Å². The zero-order valence-corrected chi connectivity index (χ0v) is 12.6. The van der Waals surface area contributed by atoms with E-state index in [9.17, 15) is 18.9 Å². The molecule has 2 aromatic carbocycles. The van der Waals surface area contributed by atoms with E-state index in [0.717, 1.165) is 18.2 Å². The summed E-state index contributed by atoms with van der Waals surface area (Å²) in [4.78, 5) is 10.2. The Morgan fingerprint density at radius 1 is 1.24 bits per heavy atom. The van der Waals surface area contributed by atoms with Gasteiger partial charge in [0.2, 0.25) is 5.75 Å². The molecule has 0 aliphatic rings. The van der Waals surface area contributed by atoms with Gasteiger partial charge in [-0.2, -0.15) is 0 Å². The number of halogens is 4. The van der Waals surface area contributed by atoms with Gasteiger partial charge >= 0.3 is 5.69 Å². The van der Waals surface area contributed by atoms with Gasteiger partial charge < -0.3 is 4.74 Å². The molecule has 0 saturated heterocycles. The topological polar surface area (TPSA) is 52.4 Å². The van der Waals surface area contributed by atoms with E-state index in [0.29, 0.717) is 5.56 Å². The van der Waals surface area contributed by atoms with Crippen LogP contribution in [0, 0.1) is 21.7 Å². The van der Waals surface area contributed by atoms with Gasteiger partial charge in [0.1, 0.15) is 17.4 Å². The van der Waals surface area contributed by atoms with E-state index in [1.807, 2.05) is 0 Å². The van der Waals surface area contributed by atoms with E-state index >= 15 is 0 Å². The number of nitro groups is 1. The summed E-state index contributed by atoms with van der Waals surface area (Å²) in [6, 6.07) is 5.48. The number of rotatable bonds is 4. The molecule has 4 nitrogen and oxygen atoms in total. The van der Waals surface area contributed by atoms with Crippen LogP contribution < -0.4 is 4.74 Å². The molecule has 21 heavy (non-hydrogen) atoms. The lowest BCUT2D eigenvalue weighted by molar-refractivity contribution is -0.385. The van der Waals surface area contributed by atoms with E-state index in [-0.39, 0.29) is 21.9 Å². The van der Waals surface area contributed by atoms with E-state index in [2.05, 4.69) is 15.9 Å². The zero-order valence-electron chi connectivity index (χ0n) is 10.3. The van der Waals surface area contributed by atoms with Gasteiger partial charge in [-0.05, 0) is 33.6 Å². The molecular weight excluding hydrogens is 372 g/mol. The normalized spacial score (nSPS) is 10.5. The number of ether oxygens (including phenoxy) is 1. The van der Waals surface area contributed by atoms with E-state index in [1.54, 1.807) is 0 Å². The average molecular weight is 379 g/mol. The fourth-order valence-electron chi connectivity index (χ4n) is 1.63. The molecule has 110 valence electrons. The van der Waals surface area contributed by atoms with Gasteiger partial charge in [-0.1, -0.05) is 0 Å². The summed E-state index contributed by atoms with van der Waals surface area (Å²) in [6.07, 6.45) is 0. The van der Waals surface area contributed by atoms with Crippen molar-refractivity contribution in [1.29, 1.82) is 0 Å². The third-order valence-corrected chi connectivity index (χ3v) is 3.43. The van der Waals surface area contributed by atoms with Crippen molar-refractivity contribution in [2.75, 3.05) is 0 Å². The average Bonchev–Trinajstić information content (AvgIpc) is 2.41. The number of nitro benzene ring substituents is 1. The van der Waals surface area contributed by atoms with Crippen LogP contribution in [0.3, 0.4) is 0 Å². The smallest absolute Gasteiger partial charge is 0.312 e. The minimum atomic E-state index is -0.732. The van der Waals surface area contributed by atoms with Crippen LogP contribution in [0.4, 0.5) is 14.5 Å². The van der Waals surface area contributed by atoms with Crippen molar-refractivity contribution in [3.63, 3.8) is 0 Å². The first-order valence-corrected chi connectivity index (χ1v) is 6.90. The van der Waals surface area contributed by atoms with Gasteiger partial charge in [-0.3, -0.25) is 10.1 Å². The monoisotopic (exact) mass is 377 g/mol. The fourth-order valence-corrected chi connectivity index (χ4v) is 2.11. The highest BCUT2D eigenvalue weighted by Gasteiger charge is 2.20. The van der Waals surface area contributed by atoms with E-state index in [4.69, 9.17) is 16.3 Å². The maximum absolute atomic E-state index is 13.5. The molecule has 0 N–H and O–H groups in total. The van der Waals surface area contributed by atoms with Crippen molar-refractivity contribution in [2.24, 2.45) is 0 Å². The highest BCUT2D eigenvalue weighted by atomic mass is 79.9. The second-order valence-electron chi connectivity index (χ2n) is 4.02. The Morgan fingerprint density at radius 2 is 1.95 bits per heavy atom. The number of hydrogen-bond donors (Lipinski definition) is 0. The van der Waals surface area contributed by atoms with Crippen LogP contribution in [0.5, 0.6) is 11.5 Å². The Bertz CT molecular complexity index is 712. The lowest BCUT2D eigenvalue weighted by Gasteiger charge is -2.08. The maximum Gasteiger partial charge on any atom is 0.312 e. The number of alkyl halides is 1. The Balaban J connectivity index is 2.46. The Kier molecular flexibility index (Phi) is 4.74. The molecule has 0 unspecified atom stereocenters. The molecule has 0 aliphatic carbocycles. The van der Waals surface area contributed by atoms with Crippen molar-refractivity contribution in [3.8, 4) is 11.5 Å². The van der Waals surface area contributed by atoms with Crippen LogP contribution in [0.1, 0.15) is 5.56 Å². The highest BCUT2D eigenvalue weighted by molar-refractivity contribution is 9.10. The largest absolute Gasteiger partial charge is 0.450 e. The Hall–Kier alpha value is -1.73. The summed E-state index contributed by atoms with van der Waals surface area (Å²) in [5, 5.41) is 11.0. The van der Waals surface area contributed by atoms with Gasteiger partial charge in [-0.15, -0.1) is 11.6 Å². The first kappa shape index (κ1) is 15.7. The van der Waals surface area contributed by atoms with Crippen molar-refractivity contribution in [1.82, 2.24) is 0 Å². The molecular formula is C13H7BrClF2NO3. The van der Waals surface area contributed by atoms with Crippen LogP contribution >= 0.6 is 27.5 Å². The molecule has 0 spiro atoms. The maximum atomic E-state index is 13.5. The van der Waals surface area contributed by atoms with Crippen molar-refractivity contribution < 1.29 is 18.4 Å². The number of benzene rings is 2. The van der Waals surface area contributed by atoms with Crippen molar-refractivity contribution in [3.05, 3.63) is 62.1 Å². The molecule has 0 amide bonds. The van der Waals surface area contributed by atoms with Gasteiger partial charge in [0, 0.05) is 24.1 Å². The summed E-state index contributed by atoms with van der Waals surface area (Å²) in [5.74, 6) is -1.62. The Morgan fingerprint density at radius 3 is 2.57 bits per heavy atom. The first-order chi connectivity index (χ1) is 9.90. The lowest BCUT2D eigenvalue weighted by Crippen LogP contribution is -1.96. The Labute approximate surface area is 131 Å². The third kappa shape index (κ3) is 3.68. The van der Waals surface area contributed by atoms with Gasteiger partial charge in [0.15, 0.2) is 0 Å².